The number of aromatic nitrogens is 2. The summed E-state index contributed by atoms with van der Waals surface area (Å²) in [6.07, 6.45) is 5.65. The summed E-state index contributed by atoms with van der Waals surface area (Å²) in [4.78, 5) is 9.05. The van der Waals surface area contributed by atoms with Crippen LogP contribution in [0.2, 0.25) is 0 Å². The minimum atomic E-state index is 0. The first-order valence-electron chi connectivity index (χ1n) is 4.70. The van der Waals surface area contributed by atoms with E-state index >= 15 is 0 Å². The molecule has 3 nitrogen and oxygen atoms in total. The van der Waals surface area contributed by atoms with Crippen molar-refractivity contribution in [3.63, 3.8) is 0 Å². The van der Waals surface area contributed by atoms with Gasteiger partial charge in [-0.2, -0.15) is 11.5 Å². The molecular formula is C11H24N2OWY-2. The average Bonchev–Trinajstić information content (AvgIpc) is 2.82. The molecule has 1 rings (SSSR count). The quantitative estimate of drug-likeness (QED) is 0.636. The maximum absolute atomic E-state index is 9.05. The van der Waals surface area contributed by atoms with Crippen LogP contribution in [0.4, 0.5) is 0 Å². The second-order valence-electron chi connectivity index (χ2n) is 1.26. The number of rotatable bonds is 1. The Morgan fingerprint density at radius 1 is 1.25 bits per heavy atom. The smallest absolute Gasteiger partial charge is 0.0487 e. The number of carbonyl (C=O) groups excluding carboxylic acids is 1. The van der Waals surface area contributed by atoms with Crippen LogP contribution < -0.4 is 0 Å². The van der Waals surface area contributed by atoms with Crippen molar-refractivity contribution in [3.05, 3.63) is 25.9 Å². The number of hydrogen-bond donors (Lipinski definition) is 1. The standard InChI is InChI=1S/C3H4N2.C3H5O.2C2H6.CH3.W.Y/c1-2-4-5-3-1;1-2-3-4;2*1-2;;;/h1-3H,(H,4,5);2H2,1H3;2*1-2H3;1H3;;/q;-1;;;-1;;. The van der Waals surface area contributed by atoms with Crippen molar-refractivity contribution in [2.45, 2.75) is 41.0 Å². The van der Waals surface area contributed by atoms with Gasteiger partial charge in [-0.25, -0.2) is 0 Å². The summed E-state index contributed by atoms with van der Waals surface area (Å²) in [5, 5.41) is 6.21. The van der Waals surface area contributed by atoms with Gasteiger partial charge in [0.1, 0.15) is 0 Å². The first-order chi connectivity index (χ1) is 6.41. The van der Waals surface area contributed by atoms with Crippen molar-refractivity contribution in [1.82, 2.24) is 10.2 Å². The van der Waals surface area contributed by atoms with E-state index in [1.54, 1.807) is 25.6 Å². The number of hydrogen-bond acceptors (Lipinski definition) is 2. The van der Waals surface area contributed by atoms with Crippen LogP contribution in [0.25, 0.3) is 0 Å². The predicted octanol–water partition coefficient (Wildman–Crippen LogP) is 3.41. The molecule has 1 aromatic heterocycles. The van der Waals surface area contributed by atoms with Crippen LogP contribution in [0.3, 0.4) is 0 Å². The molecule has 95 valence electrons. The van der Waals surface area contributed by atoms with Crippen molar-refractivity contribution in [3.8, 4) is 0 Å². The Kier molecular flexibility index (Phi) is 129. The third-order valence-electron chi connectivity index (χ3n) is 0.550. The summed E-state index contributed by atoms with van der Waals surface area (Å²) in [5.74, 6) is 0. The van der Waals surface area contributed by atoms with E-state index < -0.39 is 0 Å². The fourth-order valence-corrected chi connectivity index (χ4v) is 0.215. The molecule has 16 heavy (non-hydrogen) atoms. The van der Waals surface area contributed by atoms with Crippen LogP contribution in [0.15, 0.2) is 18.5 Å². The molecule has 0 saturated carbocycles. The van der Waals surface area contributed by atoms with Crippen LogP contribution in [-0.2, 0) is 58.6 Å². The molecule has 1 N–H and O–H groups in total. The molecule has 0 atom stereocenters. The Morgan fingerprint density at radius 2 is 1.62 bits per heavy atom. The molecule has 0 aliphatic carbocycles. The Labute approximate surface area is 141 Å². The van der Waals surface area contributed by atoms with Gasteiger partial charge in [-0.15, -0.1) is 0 Å². The molecule has 0 aliphatic rings. The Morgan fingerprint density at radius 3 is 1.69 bits per heavy atom. The molecular weight excluding hydrogens is 449 g/mol. The second kappa shape index (κ2) is 57.3. The van der Waals surface area contributed by atoms with E-state index in [0.29, 0.717) is 6.42 Å². The minimum Gasteiger partial charge on any atom is -0.542 e. The van der Waals surface area contributed by atoms with Gasteiger partial charge >= 0.3 is 0 Å². The third-order valence-corrected chi connectivity index (χ3v) is 0.550. The molecule has 1 aromatic rings. The van der Waals surface area contributed by atoms with Crippen LogP contribution in [0.5, 0.6) is 0 Å². The van der Waals surface area contributed by atoms with E-state index in [1.807, 2.05) is 33.8 Å². The fourth-order valence-electron chi connectivity index (χ4n) is 0.215. The van der Waals surface area contributed by atoms with Gasteiger partial charge in [-0.3, -0.25) is 11.4 Å². The first kappa shape index (κ1) is 36.0. The maximum atomic E-state index is 9.05. The van der Waals surface area contributed by atoms with Gasteiger partial charge < -0.3 is 12.2 Å². The predicted molar refractivity (Wildman–Crippen MR) is 63.7 cm³/mol. The van der Waals surface area contributed by atoms with E-state index in [0.717, 1.165) is 0 Å². The van der Waals surface area contributed by atoms with Gasteiger partial charge in [0.15, 0.2) is 0 Å². The Hall–Kier alpha value is 0.672. The summed E-state index contributed by atoms with van der Waals surface area (Å²) in [6.45, 7) is 9.76. The number of nitrogens with one attached hydrogen (secondary N) is 1. The van der Waals surface area contributed by atoms with Gasteiger partial charge in [0.25, 0.3) is 0 Å². The molecule has 0 aliphatic heterocycles. The van der Waals surface area contributed by atoms with Gasteiger partial charge in [-0.05, 0) is 6.07 Å². The Balaban J connectivity index is -0.0000000212. The summed E-state index contributed by atoms with van der Waals surface area (Å²) >= 11 is 0. The zero-order valence-electron chi connectivity index (χ0n) is 11.3. The SMILES string of the molecule is CC.CC.CC[C-]=O.[CH3-].[W].[Y].c1cn[nH]c1. The fraction of sp³-hybridized carbons (Fsp3) is 0.545. The summed E-state index contributed by atoms with van der Waals surface area (Å²) < 4.78 is 0. The summed E-state index contributed by atoms with van der Waals surface area (Å²) in [7, 11) is 0. The van der Waals surface area contributed by atoms with E-state index in [9.17, 15) is 0 Å². The van der Waals surface area contributed by atoms with Crippen LogP contribution in [0, 0.1) is 7.43 Å². The average molecular weight is 473 g/mol. The number of aromatic amines is 1. The van der Waals surface area contributed by atoms with Gasteiger partial charge in [-0.1, -0.05) is 34.6 Å². The maximum Gasteiger partial charge on any atom is 0.0487 e. The van der Waals surface area contributed by atoms with Gasteiger partial charge in [0.05, 0.1) is 0 Å². The first-order valence-corrected chi connectivity index (χ1v) is 4.70. The van der Waals surface area contributed by atoms with E-state index in [1.165, 1.54) is 0 Å². The molecule has 0 spiro atoms. The molecule has 0 aromatic carbocycles. The van der Waals surface area contributed by atoms with E-state index in [4.69, 9.17) is 4.79 Å². The minimum absolute atomic E-state index is 0. The van der Waals surface area contributed by atoms with Crippen molar-refractivity contribution in [2.24, 2.45) is 0 Å². The van der Waals surface area contributed by atoms with Crippen molar-refractivity contribution >= 4 is 6.29 Å². The topological polar surface area (TPSA) is 45.8 Å². The molecule has 0 saturated heterocycles. The summed E-state index contributed by atoms with van der Waals surface area (Å²) in [5.41, 5.74) is 0. The van der Waals surface area contributed by atoms with Crippen molar-refractivity contribution in [2.75, 3.05) is 0 Å². The van der Waals surface area contributed by atoms with E-state index in [-0.39, 0.29) is 61.2 Å². The molecule has 0 bridgehead atoms. The largest absolute Gasteiger partial charge is 0.542 e. The van der Waals surface area contributed by atoms with Crippen LogP contribution in [0.1, 0.15) is 41.0 Å². The van der Waals surface area contributed by atoms with E-state index in [2.05, 4.69) is 10.2 Å². The number of nitrogens with zero attached hydrogens (tertiary/aromatic N) is 1. The Bertz CT molecular complexity index is 121. The molecule has 1 radical (unpaired) electrons. The van der Waals surface area contributed by atoms with Crippen molar-refractivity contribution < 1.29 is 58.6 Å². The molecule has 1 heterocycles. The molecule has 0 unspecified atom stereocenters. The van der Waals surface area contributed by atoms with Gasteiger partial charge in [0, 0.05) is 66.2 Å². The van der Waals surface area contributed by atoms with Crippen LogP contribution >= 0.6 is 0 Å². The molecule has 0 amide bonds. The zero-order chi connectivity index (χ0) is 10.9. The summed E-state index contributed by atoms with van der Waals surface area (Å²) in [6, 6.07) is 1.83. The molecule has 0 fully saturated rings. The zero-order valence-corrected chi connectivity index (χ0v) is 17.1. The monoisotopic (exact) mass is 473 g/mol. The molecule has 5 heteroatoms. The third kappa shape index (κ3) is 61.6. The van der Waals surface area contributed by atoms with Crippen LogP contribution in [-0.4, -0.2) is 16.5 Å². The second-order valence-corrected chi connectivity index (χ2v) is 1.26. The normalized spacial score (nSPS) is 4.81. The van der Waals surface area contributed by atoms with Gasteiger partial charge in [0.2, 0.25) is 0 Å². The number of H-pyrrole nitrogens is 1. The van der Waals surface area contributed by atoms with Crippen molar-refractivity contribution in [1.29, 1.82) is 0 Å².